The van der Waals surface area contributed by atoms with Crippen molar-refractivity contribution in [2.75, 3.05) is 10.6 Å². The normalized spacial score (nSPS) is 11.6. The molecule has 0 spiro atoms. The predicted molar refractivity (Wildman–Crippen MR) is 133 cm³/mol. The number of hydrogen-bond acceptors (Lipinski definition) is 9. The van der Waals surface area contributed by atoms with Crippen molar-refractivity contribution >= 4 is 35.1 Å². The number of hydrogen-bond donors (Lipinski definition) is 2. The van der Waals surface area contributed by atoms with E-state index < -0.39 is 35.0 Å². The first-order chi connectivity index (χ1) is 18.8. The van der Waals surface area contributed by atoms with Crippen molar-refractivity contribution in [3.8, 4) is 17.6 Å². The number of pyridine rings is 2. The first-order valence-corrected chi connectivity index (χ1v) is 11.5. The molecule has 2 amide bonds. The van der Waals surface area contributed by atoms with Gasteiger partial charge in [-0.1, -0.05) is 11.6 Å². The van der Waals surface area contributed by atoms with Crippen LogP contribution >= 0.6 is 11.6 Å². The minimum absolute atomic E-state index is 0.0469. The van der Waals surface area contributed by atoms with E-state index in [2.05, 4.69) is 35.9 Å². The minimum Gasteiger partial charge on any atom is -0.444 e. The number of carbonyl (C=O) groups excluding carboxylic acids is 2. The van der Waals surface area contributed by atoms with Crippen LogP contribution in [-0.4, -0.2) is 52.3 Å². The molecule has 17 heteroatoms. The second-order valence-corrected chi connectivity index (χ2v) is 9.29. The van der Waals surface area contributed by atoms with Crippen LogP contribution < -0.4 is 10.6 Å². The van der Waals surface area contributed by atoms with Gasteiger partial charge in [-0.3, -0.25) is 10.1 Å². The Morgan fingerprint density at radius 2 is 1.75 bits per heavy atom. The second-order valence-electron chi connectivity index (χ2n) is 8.92. The quantitative estimate of drug-likeness (QED) is 0.351. The summed E-state index contributed by atoms with van der Waals surface area (Å²) in [4.78, 5) is 34.0. The third kappa shape index (κ3) is 5.99. The van der Waals surface area contributed by atoms with E-state index in [0.29, 0.717) is 10.9 Å². The molecule has 0 unspecified atom stereocenters. The van der Waals surface area contributed by atoms with E-state index >= 15 is 0 Å². The zero-order valence-electron chi connectivity index (χ0n) is 20.9. The van der Waals surface area contributed by atoms with Crippen molar-refractivity contribution < 1.29 is 27.5 Å². The lowest BCUT2D eigenvalue weighted by atomic mass is 10.2. The largest absolute Gasteiger partial charge is 0.444 e. The number of rotatable bonds is 5. The summed E-state index contributed by atoms with van der Waals surface area (Å²) in [5, 5.41) is 25.1. The Labute approximate surface area is 228 Å². The zero-order valence-corrected chi connectivity index (χ0v) is 21.6. The number of carbonyl (C=O) groups is 2. The maximum atomic E-state index is 14.2. The molecule has 0 radical (unpaired) electrons. The summed E-state index contributed by atoms with van der Waals surface area (Å²) in [5.41, 5.74) is -3.59. The summed E-state index contributed by atoms with van der Waals surface area (Å²) < 4.78 is 48.2. The van der Waals surface area contributed by atoms with Crippen molar-refractivity contribution in [2.24, 2.45) is 0 Å². The number of ether oxygens (including phenoxy) is 1. The Bertz CT molecular complexity index is 1620. The summed E-state index contributed by atoms with van der Waals surface area (Å²) >= 11 is 6.28. The van der Waals surface area contributed by atoms with E-state index in [0.717, 1.165) is 23.3 Å². The highest BCUT2D eigenvalue weighted by Crippen LogP contribution is 2.36. The SMILES string of the molecule is CC(C)(C)OC(=O)Nc1nccc(-n2ncc(C(=O)Nc3cnc(-n4nccn4)c(C#N)c3)c2C(F)(F)F)c1Cl. The summed E-state index contributed by atoms with van der Waals surface area (Å²) in [6, 6.07) is 4.19. The molecule has 4 rings (SSSR count). The van der Waals surface area contributed by atoms with Gasteiger partial charge in [-0.15, -0.1) is 4.80 Å². The summed E-state index contributed by atoms with van der Waals surface area (Å²) in [5.74, 6) is -1.42. The highest BCUT2D eigenvalue weighted by Gasteiger charge is 2.41. The van der Waals surface area contributed by atoms with Gasteiger partial charge in [0.25, 0.3) is 5.91 Å². The molecular weight excluding hydrogens is 557 g/mol. The number of nitrogens with one attached hydrogen (secondary N) is 2. The molecule has 0 saturated heterocycles. The molecule has 40 heavy (non-hydrogen) atoms. The predicted octanol–water partition coefficient (Wildman–Crippen LogP) is 4.39. The minimum atomic E-state index is -5.07. The van der Waals surface area contributed by atoms with Crippen molar-refractivity contribution in [1.29, 1.82) is 5.26 Å². The van der Waals surface area contributed by atoms with Crippen LogP contribution in [0.2, 0.25) is 5.02 Å². The fourth-order valence-corrected chi connectivity index (χ4v) is 3.58. The molecule has 0 saturated carbocycles. The molecule has 4 heterocycles. The van der Waals surface area contributed by atoms with Crippen molar-refractivity contribution in [1.82, 2.24) is 34.7 Å². The number of halogens is 4. The second kappa shape index (κ2) is 10.6. The lowest BCUT2D eigenvalue weighted by Crippen LogP contribution is -2.27. The van der Waals surface area contributed by atoms with Gasteiger partial charge in [0, 0.05) is 6.20 Å². The van der Waals surface area contributed by atoms with Gasteiger partial charge in [0.2, 0.25) is 0 Å². The Morgan fingerprint density at radius 1 is 1.05 bits per heavy atom. The Kier molecular flexibility index (Phi) is 7.42. The van der Waals surface area contributed by atoms with Gasteiger partial charge < -0.3 is 10.1 Å². The molecule has 2 N–H and O–H groups in total. The molecule has 206 valence electrons. The lowest BCUT2D eigenvalue weighted by Gasteiger charge is -2.20. The molecule has 0 fully saturated rings. The third-order valence-corrected chi connectivity index (χ3v) is 5.22. The topological polar surface area (TPSA) is 166 Å². The number of anilines is 2. The molecule has 13 nitrogen and oxygen atoms in total. The molecule has 0 atom stereocenters. The Hall–Kier alpha value is -5.04. The van der Waals surface area contributed by atoms with Crippen LogP contribution in [0.1, 0.15) is 42.4 Å². The average Bonchev–Trinajstić information content (AvgIpc) is 3.54. The van der Waals surface area contributed by atoms with E-state index in [-0.39, 0.29) is 33.6 Å². The van der Waals surface area contributed by atoms with Crippen molar-refractivity contribution in [3.05, 3.63) is 65.0 Å². The Morgan fingerprint density at radius 3 is 2.38 bits per heavy atom. The first kappa shape index (κ1) is 28.0. The van der Waals surface area contributed by atoms with Gasteiger partial charge in [0.15, 0.2) is 17.3 Å². The van der Waals surface area contributed by atoms with Crippen LogP contribution in [0.15, 0.2) is 43.1 Å². The van der Waals surface area contributed by atoms with E-state index in [9.17, 15) is 28.0 Å². The summed E-state index contributed by atoms with van der Waals surface area (Å²) in [7, 11) is 0. The lowest BCUT2D eigenvalue weighted by molar-refractivity contribution is -0.143. The van der Waals surface area contributed by atoms with Crippen LogP contribution in [0.3, 0.4) is 0 Å². The van der Waals surface area contributed by atoms with Gasteiger partial charge in [-0.25, -0.2) is 19.4 Å². The highest BCUT2D eigenvalue weighted by atomic mass is 35.5. The fraction of sp³-hybridized carbons (Fsp3) is 0.217. The maximum absolute atomic E-state index is 14.2. The number of amides is 2. The molecule has 4 aromatic rings. The van der Waals surface area contributed by atoms with E-state index in [1.165, 1.54) is 18.5 Å². The van der Waals surface area contributed by atoms with Gasteiger partial charge >= 0.3 is 12.3 Å². The molecule has 0 aliphatic carbocycles. The molecule has 4 aromatic heterocycles. The van der Waals surface area contributed by atoms with Crippen molar-refractivity contribution in [3.63, 3.8) is 0 Å². The van der Waals surface area contributed by atoms with E-state index in [1.807, 2.05) is 6.07 Å². The molecular formula is C23H18ClF3N10O3. The fourth-order valence-electron chi connectivity index (χ4n) is 3.35. The first-order valence-electron chi connectivity index (χ1n) is 11.2. The van der Waals surface area contributed by atoms with Gasteiger partial charge in [0.05, 0.1) is 41.7 Å². The van der Waals surface area contributed by atoms with Gasteiger partial charge in [-0.2, -0.15) is 33.7 Å². The van der Waals surface area contributed by atoms with Crippen LogP contribution in [0.5, 0.6) is 0 Å². The van der Waals surface area contributed by atoms with Crippen molar-refractivity contribution in [2.45, 2.75) is 32.5 Å². The molecule has 0 bridgehead atoms. The standard InChI is InChI=1S/C23H18ClF3N10O3/c1-22(2,3)40-21(39)35-18-16(24)15(4-5-29-18)36-17(23(25,26)27)14(11-33-36)20(38)34-13-8-12(9-28)19(30-10-13)37-31-6-7-32-37/h4-8,10-11H,1-3H3,(H,34,38)(H,29,35,39). The summed E-state index contributed by atoms with van der Waals surface area (Å²) in [6.45, 7) is 4.85. The van der Waals surface area contributed by atoms with Gasteiger partial charge in [0.1, 0.15) is 22.3 Å². The number of aromatic nitrogens is 7. The molecule has 0 aliphatic heterocycles. The third-order valence-electron chi connectivity index (χ3n) is 4.85. The van der Waals surface area contributed by atoms with E-state index in [4.69, 9.17) is 16.3 Å². The average molecular weight is 575 g/mol. The number of alkyl halides is 3. The monoisotopic (exact) mass is 574 g/mol. The number of nitrogens with zero attached hydrogens (tertiary/aromatic N) is 8. The highest BCUT2D eigenvalue weighted by molar-refractivity contribution is 6.35. The molecule has 0 aliphatic rings. The van der Waals surface area contributed by atoms with Gasteiger partial charge in [-0.05, 0) is 32.9 Å². The van der Waals surface area contributed by atoms with E-state index in [1.54, 1.807) is 20.8 Å². The van der Waals surface area contributed by atoms with Crippen LogP contribution in [0, 0.1) is 11.3 Å². The molecule has 0 aromatic carbocycles. The van der Waals surface area contributed by atoms with Crippen LogP contribution in [0.25, 0.3) is 11.5 Å². The number of nitriles is 1. The smallest absolute Gasteiger partial charge is 0.434 e. The summed E-state index contributed by atoms with van der Waals surface area (Å²) in [6.07, 6.45) is -0.350. The maximum Gasteiger partial charge on any atom is 0.434 e. The Balaban J connectivity index is 1.67. The van der Waals surface area contributed by atoms with Crippen LogP contribution in [0.4, 0.5) is 29.5 Å². The van der Waals surface area contributed by atoms with Crippen LogP contribution in [-0.2, 0) is 10.9 Å². The zero-order chi connectivity index (χ0) is 29.2.